The molecule has 1 unspecified atom stereocenters. The maximum atomic E-state index is 5.57. The first-order valence-electron chi connectivity index (χ1n) is 8.32. The molecule has 1 aromatic carbocycles. The Hall–Kier alpha value is -1.14. The van der Waals surface area contributed by atoms with E-state index in [2.05, 4.69) is 34.7 Å². The van der Waals surface area contributed by atoms with Gasteiger partial charge in [0.25, 0.3) is 0 Å². The van der Waals surface area contributed by atoms with E-state index in [9.17, 15) is 0 Å². The zero-order valence-electron chi connectivity index (χ0n) is 14.3. The molecule has 0 amide bonds. The molecule has 3 rings (SSSR count). The number of rotatable bonds is 6. The number of hydrogen-bond donors (Lipinski definition) is 1. The second-order valence-corrected chi connectivity index (χ2v) is 6.86. The second-order valence-electron chi connectivity index (χ2n) is 5.91. The Kier molecular flexibility index (Phi) is 7.49. The van der Waals surface area contributed by atoms with E-state index in [1.807, 2.05) is 12.1 Å². The molecule has 0 radical (unpaired) electrons. The van der Waals surface area contributed by atoms with E-state index in [0.29, 0.717) is 6.04 Å². The molecule has 0 saturated carbocycles. The normalized spacial score (nSPS) is 18.2. The molecular formula is C18H26ClN3OS. The summed E-state index contributed by atoms with van der Waals surface area (Å²) >= 11 is 1.79. The fourth-order valence-corrected chi connectivity index (χ4v) is 4.00. The van der Waals surface area contributed by atoms with E-state index in [4.69, 9.17) is 9.72 Å². The van der Waals surface area contributed by atoms with Crippen molar-refractivity contribution >= 4 is 23.7 Å². The molecule has 1 aromatic heterocycles. The van der Waals surface area contributed by atoms with Crippen LogP contribution in [-0.2, 0) is 13.0 Å². The summed E-state index contributed by atoms with van der Waals surface area (Å²) in [4.78, 5) is 7.31. The zero-order chi connectivity index (χ0) is 16.1. The SMILES string of the molecule is CCCc1csc(CN2CCNCC2c2ccccc2OC)n1.Cl. The van der Waals surface area contributed by atoms with Crippen molar-refractivity contribution in [3.8, 4) is 5.75 Å². The summed E-state index contributed by atoms with van der Waals surface area (Å²) in [5.41, 5.74) is 2.49. The second kappa shape index (κ2) is 9.37. The number of nitrogens with zero attached hydrogens (tertiary/aromatic N) is 2. The van der Waals surface area contributed by atoms with Crippen LogP contribution in [0.4, 0.5) is 0 Å². The van der Waals surface area contributed by atoms with Crippen LogP contribution in [-0.4, -0.2) is 36.6 Å². The van der Waals surface area contributed by atoms with Gasteiger partial charge < -0.3 is 10.1 Å². The minimum atomic E-state index is 0. The van der Waals surface area contributed by atoms with E-state index >= 15 is 0 Å². The van der Waals surface area contributed by atoms with Crippen LogP contribution in [0.5, 0.6) is 5.75 Å². The van der Waals surface area contributed by atoms with Crippen molar-refractivity contribution in [1.82, 2.24) is 15.2 Å². The van der Waals surface area contributed by atoms with Crippen LogP contribution >= 0.6 is 23.7 Å². The maximum Gasteiger partial charge on any atom is 0.123 e. The lowest BCUT2D eigenvalue weighted by atomic mass is 10.0. The van der Waals surface area contributed by atoms with Gasteiger partial charge in [0.1, 0.15) is 10.8 Å². The number of methoxy groups -OCH3 is 1. The first-order valence-corrected chi connectivity index (χ1v) is 9.20. The standard InChI is InChI=1S/C18H25N3OS.ClH/c1-3-6-14-13-23-18(20-14)12-21-10-9-19-11-16(21)15-7-4-5-8-17(15)22-2;/h4-5,7-8,13,16,19H,3,6,9-12H2,1-2H3;1H. The number of aryl methyl sites for hydroxylation is 1. The smallest absolute Gasteiger partial charge is 0.123 e. The first-order chi connectivity index (χ1) is 11.3. The Bertz CT molecular complexity index is 634. The highest BCUT2D eigenvalue weighted by Gasteiger charge is 2.26. The average Bonchev–Trinajstić information content (AvgIpc) is 3.03. The first kappa shape index (κ1) is 19.2. The third kappa shape index (κ3) is 4.48. The summed E-state index contributed by atoms with van der Waals surface area (Å²) < 4.78 is 5.57. The summed E-state index contributed by atoms with van der Waals surface area (Å²) in [6.07, 6.45) is 2.23. The molecule has 1 aliphatic heterocycles. The number of ether oxygens (including phenoxy) is 1. The summed E-state index contributed by atoms with van der Waals surface area (Å²) in [6, 6.07) is 8.67. The van der Waals surface area contributed by atoms with Crippen LogP contribution in [0.3, 0.4) is 0 Å². The molecule has 1 fully saturated rings. The number of halogens is 1. The Balaban J connectivity index is 0.00000208. The summed E-state index contributed by atoms with van der Waals surface area (Å²) in [7, 11) is 1.75. The van der Waals surface area contributed by atoms with Gasteiger partial charge in [-0.25, -0.2) is 4.98 Å². The number of hydrogen-bond acceptors (Lipinski definition) is 5. The van der Waals surface area contributed by atoms with Crippen molar-refractivity contribution in [2.24, 2.45) is 0 Å². The Morgan fingerprint density at radius 1 is 1.38 bits per heavy atom. The average molecular weight is 368 g/mol. The number of piperazine rings is 1. The van der Waals surface area contributed by atoms with Crippen LogP contribution in [0.1, 0.15) is 35.7 Å². The van der Waals surface area contributed by atoms with Crippen molar-refractivity contribution in [3.05, 3.63) is 45.9 Å². The predicted octanol–water partition coefficient (Wildman–Crippen LogP) is 3.67. The molecule has 24 heavy (non-hydrogen) atoms. The van der Waals surface area contributed by atoms with Crippen LogP contribution in [0.2, 0.25) is 0 Å². The molecule has 2 aromatic rings. The molecule has 1 atom stereocenters. The van der Waals surface area contributed by atoms with Crippen LogP contribution in [0.15, 0.2) is 29.6 Å². The summed E-state index contributed by atoms with van der Waals surface area (Å²) in [6.45, 7) is 6.13. The third-order valence-corrected chi connectivity index (χ3v) is 5.18. The molecule has 1 saturated heterocycles. The van der Waals surface area contributed by atoms with Crippen molar-refractivity contribution in [3.63, 3.8) is 0 Å². The van der Waals surface area contributed by atoms with Gasteiger partial charge in [0.2, 0.25) is 0 Å². The van der Waals surface area contributed by atoms with Gasteiger partial charge in [-0.3, -0.25) is 4.90 Å². The molecule has 1 aliphatic rings. The number of aromatic nitrogens is 1. The highest BCUT2D eigenvalue weighted by molar-refractivity contribution is 7.09. The van der Waals surface area contributed by atoms with Gasteiger partial charge in [-0.2, -0.15) is 0 Å². The molecular weight excluding hydrogens is 342 g/mol. The quantitative estimate of drug-likeness (QED) is 0.845. The Labute approximate surface area is 154 Å². The maximum absolute atomic E-state index is 5.57. The minimum Gasteiger partial charge on any atom is -0.496 e. The molecule has 132 valence electrons. The van der Waals surface area contributed by atoms with E-state index in [-0.39, 0.29) is 12.4 Å². The van der Waals surface area contributed by atoms with E-state index < -0.39 is 0 Å². The number of nitrogens with one attached hydrogen (secondary N) is 1. The van der Waals surface area contributed by atoms with Crippen molar-refractivity contribution in [1.29, 1.82) is 0 Å². The summed E-state index contributed by atoms with van der Waals surface area (Å²) in [5, 5.41) is 6.94. The largest absolute Gasteiger partial charge is 0.496 e. The van der Waals surface area contributed by atoms with Gasteiger partial charge in [-0.15, -0.1) is 23.7 Å². The topological polar surface area (TPSA) is 37.4 Å². The Morgan fingerprint density at radius 3 is 3.00 bits per heavy atom. The minimum absolute atomic E-state index is 0. The zero-order valence-corrected chi connectivity index (χ0v) is 16.0. The van der Waals surface area contributed by atoms with Crippen LogP contribution in [0, 0.1) is 0 Å². The van der Waals surface area contributed by atoms with Crippen LogP contribution in [0.25, 0.3) is 0 Å². The van der Waals surface area contributed by atoms with Crippen molar-refractivity contribution in [2.75, 3.05) is 26.7 Å². The van der Waals surface area contributed by atoms with Gasteiger partial charge in [-0.05, 0) is 12.5 Å². The number of benzene rings is 1. The van der Waals surface area contributed by atoms with Crippen LogP contribution < -0.4 is 10.1 Å². The predicted molar refractivity (Wildman–Crippen MR) is 102 cm³/mol. The molecule has 6 heteroatoms. The molecule has 4 nitrogen and oxygen atoms in total. The lowest BCUT2D eigenvalue weighted by Gasteiger charge is -2.36. The third-order valence-electron chi connectivity index (χ3n) is 4.30. The van der Waals surface area contributed by atoms with Gasteiger partial charge in [0.05, 0.1) is 25.4 Å². The van der Waals surface area contributed by atoms with Crippen molar-refractivity contribution in [2.45, 2.75) is 32.4 Å². The van der Waals surface area contributed by atoms with E-state index in [1.54, 1.807) is 18.4 Å². The van der Waals surface area contributed by atoms with Gasteiger partial charge in [0.15, 0.2) is 0 Å². The monoisotopic (exact) mass is 367 g/mol. The lowest BCUT2D eigenvalue weighted by molar-refractivity contribution is 0.151. The van der Waals surface area contributed by atoms with E-state index in [0.717, 1.165) is 44.8 Å². The number of para-hydroxylation sites is 1. The fraction of sp³-hybridized carbons (Fsp3) is 0.500. The molecule has 0 aliphatic carbocycles. The fourth-order valence-electron chi connectivity index (χ4n) is 3.15. The molecule has 0 bridgehead atoms. The van der Waals surface area contributed by atoms with E-state index in [1.165, 1.54) is 16.3 Å². The Morgan fingerprint density at radius 2 is 2.21 bits per heavy atom. The number of thiazole rings is 1. The van der Waals surface area contributed by atoms with Gasteiger partial charge in [-0.1, -0.05) is 31.5 Å². The summed E-state index contributed by atoms with van der Waals surface area (Å²) in [5.74, 6) is 0.969. The highest BCUT2D eigenvalue weighted by atomic mass is 35.5. The molecule has 0 spiro atoms. The molecule has 2 heterocycles. The van der Waals surface area contributed by atoms with Crippen molar-refractivity contribution < 1.29 is 4.74 Å². The van der Waals surface area contributed by atoms with Gasteiger partial charge in [0, 0.05) is 30.6 Å². The highest BCUT2D eigenvalue weighted by Crippen LogP contribution is 2.31. The van der Waals surface area contributed by atoms with Gasteiger partial charge >= 0.3 is 0 Å². The lowest BCUT2D eigenvalue weighted by Crippen LogP contribution is -2.45. The molecule has 1 N–H and O–H groups in total.